The zero-order valence-corrected chi connectivity index (χ0v) is 52.7. The van der Waals surface area contributed by atoms with Crippen molar-refractivity contribution < 1.29 is 49.3 Å². The van der Waals surface area contributed by atoms with Gasteiger partial charge in [0.1, 0.15) is 24.4 Å². The normalized spacial score (nSPS) is 18.9. The smallest absolute Gasteiger partial charge is 0.306 e. The summed E-state index contributed by atoms with van der Waals surface area (Å²) >= 11 is 0. The molecule has 0 aliphatic carbocycles. The second kappa shape index (κ2) is 58.0. The van der Waals surface area contributed by atoms with Crippen molar-refractivity contribution in [3.63, 3.8) is 0 Å². The lowest BCUT2D eigenvalue weighted by Gasteiger charge is -2.41. The van der Waals surface area contributed by atoms with E-state index >= 15 is 0 Å². The molecule has 474 valence electrons. The van der Waals surface area contributed by atoms with Crippen LogP contribution in [0, 0.1) is 0 Å². The molecule has 0 spiro atoms. The Morgan fingerprint density at radius 2 is 0.889 bits per heavy atom. The summed E-state index contributed by atoms with van der Waals surface area (Å²) in [5, 5.41) is 57.1. The van der Waals surface area contributed by atoms with Crippen molar-refractivity contribution in [1.29, 1.82) is 0 Å². The maximum absolute atomic E-state index is 13.4. The molecule has 1 rings (SSSR count). The molecule has 6 N–H and O–H groups in total. The average molecular weight is 1140 g/mol. The Balaban J connectivity index is 2.56. The maximum Gasteiger partial charge on any atom is 0.306 e. The first-order valence-corrected chi connectivity index (χ1v) is 34.4. The standard InChI is InChI=1S/C70H129NO10/c1-4-7-10-13-16-19-22-25-27-28-29-30-31-32-33-34-35-36-37-40-43-46-49-52-55-58-65(75)81-68-67(77)66(76)64(59-72)80-70(68)79-60-61(62(73)56-53-50-47-44-41-38-24-21-18-15-12-9-6-3)71-69(78)63(74)57-54-51-48-45-42-39-26-23-20-17-14-11-8-5-2/h8,11,14,17,20,23,53,56,61-64,66-68,70,72-74,76-77H,4-7,9-10,12-13,15-16,18-19,21-22,24-52,54-55,57-60H2,1-3H3,(H,71,78)/b11-8+,17-14+,23-20+,56-53+. The average Bonchev–Trinajstić information content (AvgIpc) is 3.46. The van der Waals surface area contributed by atoms with Crippen molar-refractivity contribution in [2.24, 2.45) is 0 Å². The van der Waals surface area contributed by atoms with E-state index in [1.807, 2.05) is 12.2 Å². The van der Waals surface area contributed by atoms with E-state index in [0.717, 1.165) is 83.5 Å². The zero-order valence-electron chi connectivity index (χ0n) is 52.7. The predicted molar refractivity (Wildman–Crippen MR) is 338 cm³/mol. The first-order chi connectivity index (χ1) is 39.7. The van der Waals surface area contributed by atoms with Crippen LogP contribution >= 0.6 is 0 Å². The van der Waals surface area contributed by atoms with Crippen LogP contribution in [0.2, 0.25) is 0 Å². The monoisotopic (exact) mass is 1140 g/mol. The highest BCUT2D eigenvalue weighted by Gasteiger charge is 2.47. The molecule has 8 atom stereocenters. The number of amides is 1. The quantitative estimate of drug-likeness (QED) is 0.0149. The van der Waals surface area contributed by atoms with Crippen LogP contribution in [0.4, 0.5) is 0 Å². The van der Waals surface area contributed by atoms with Gasteiger partial charge in [-0.25, -0.2) is 0 Å². The third kappa shape index (κ3) is 45.6. The second-order valence-corrected chi connectivity index (χ2v) is 24.0. The number of aliphatic hydroxyl groups excluding tert-OH is 5. The van der Waals surface area contributed by atoms with Gasteiger partial charge in [-0.3, -0.25) is 9.59 Å². The van der Waals surface area contributed by atoms with Gasteiger partial charge < -0.3 is 45.1 Å². The molecule has 0 aromatic rings. The summed E-state index contributed by atoms with van der Waals surface area (Å²) in [5.41, 5.74) is 0. The van der Waals surface area contributed by atoms with Crippen LogP contribution in [0.25, 0.3) is 0 Å². The SMILES string of the molecule is CC/C=C/C=C/C=C/CCCCCCCCC(O)C(=O)NC(COC1OC(CO)C(O)C(O)C1OC(=O)CCCCCCCCCCCCCCCCCCCCCCCCCCC)C(O)/C=C/CCCCCCCCCCCCC. The van der Waals surface area contributed by atoms with Crippen LogP contribution in [0.1, 0.15) is 323 Å². The van der Waals surface area contributed by atoms with E-state index < -0.39 is 67.4 Å². The van der Waals surface area contributed by atoms with E-state index in [9.17, 15) is 35.1 Å². The fourth-order valence-electron chi connectivity index (χ4n) is 10.9. The van der Waals surface area contributed by atoms with E-state index in [1.165, 1.54) is 193 Å². The van der Waals surface area contributed by atoms with Crippen LogP contribution < -0.4 is 5.32 Å². The molecule has 1 saturated heterocycles. The van der Waals surface area contributed by atoms with E-state index in [1.54, 1.807) is 6.08 Å². The molecule has 0 aromatic carbocycles. The van der Waals surface area contributed by atoms with Gasteiger partial charge in [0.2, 0.25) is 5.91 Å². The number of allylic oxidation sites excluding steroid dienone is 7. The molecular formula is C70H129NO10. The van der Waals surface area contributed by atoms with Crippen molar-refractivity contribution in [1.82, 2.24) is 5.32 Å². The Kier molecular flexibility index (Phi) is 54.9. The lowest BCUT2D eigenvalue weighted by Crippen LogP contribution is -2.61. The molecule has 1 amide bonds. The summed E-state index contributed by atoms with van der Waals surface area (Å²) in [6.45, 7) is 5.69. The largest absolute Gasteiger partial charge is 0.454 e. The van der Waals surface area contributed by atoms with Gasteiger partial charge in [-0.05, 0) is 44.9 Å². The Bertz CT molecular complexity index is 1500. The predicted octanol–water partition coefficient (Wildman–Crippen LogP) is 17.2. The molecule has 1 heterocycles. The summed E-state index contributed by atoms with van der Waals surface area (Å²) in [4.78, 5) is 26.6. The third-order valence-corrected chi connectivity index (χ3v) is 16.3. The Morgan fingerprint density at radius 1 is 0.494 bits per heavy atom. The highest BCUT2D eigenvalue weighted by molar-refractivity contribution is 5.80. The van der Waals surface area contributed by atoms with E-state index in [2.05, 4.69) is 56.5 Å². The lowest BCUT2D eigenvalue weighted by molar-refractivity contribution is -0.305. The highest BCUT2D eigenvalue weighted by atomic mass is 16.7. The van der Waals surface area contributed by atoms with Crippen molar-refractivity contribution in [3.8, 4) is 0 Å². The van der Waals surface area contributed by atoms with Crippen molar-refractivity contribution in [2.75, 3.05) is 13.2 Å². The molecule has 1 aliphatic rings. The van der Waals surface area contributed by atoms with Crippen molar-refractivity contribution >= 4 is 11.9 Å². The Morgan fingerprint density at radius 3 is 1.32 bits per heavy atom. The van der Waals surface area contributed by atoms with Crippen LogP contribution in [0.5, 0.6) is 0 Å². The summed E-state index contributed by atoms with van der Waals surface area (Å²) in [6.07, 6.45) is 61.6. The fourth-order valence-corrected chi connectivity index (χ4v) is 10.9. The molecule has 1 fully saturated rings. The van der Waals surface area contributed by atoms with Gasteiger partial charge in [0.05, 0.1) is 25.4 Å². The number of unbranched alkanes of at least 4 members (excludes halogenated alkanes) is 41. The van der Waals surface area contributed by atoms with Crippen LogP contribution in [0.15, 0.2) is 48.6 Å². The number of ether oxygens (including phenoxy) is 3. The number of esters is 1. The summed E-state index contributed by atoms with van der Waals surface area (Å²) in [7, 11) is 0. The first-order valence-electron chi connectivity index (χ1n) is 34.4. The molecular weight excluding hydrogens is 1010 g/mol. The molecule has 8 unspecified atom stereocenters. The van der Waals surface area contributed by atoms with Gasteiger partial charge in [0, 0.05) is 6.42 Å². The molecule has 81 heavy (non-hydrogen) atoms. The molecule has 0 saturated carbocycles. The lowest BCUT2D eigenvalue weighted by atomic mass is 9.99. The van der Waals surface area contributed by atoms with Crippen LogP contribution in [-0.2, 0) is 23.8 Å². The number of rotatable bonds is 59. The number of aliphatic hydroxyl groups is 5. The van der Waals surface area contributed by atoms with E-state index in [0.29, 0.717) is 12.8 Å². The van der Waals surface area contributed by atoms with Gasteiger partial charge in [0.15, 0.2) is 12.4 Å². The van der Waals surface area contributed by atoms with Crippen molar-refractivity contribution in [2.45, 2.75) is 372 Å². The summed E-state index contributed by atoms with van der Waals surface area (Å²) < 4.78 is 17.7. The Labute approximate surface area is 497 Å². The molecule has 0 radical (unpaired) electrons. The summed E-state index contributed by atoms with van der Waals surface area (Å²) in [5.74, 6) is -1.20. The topological polar surface area (TPSA) is 175 Å². The molecule has 0 aromatic heterocycles. The highest BCUT2D eigenvalue weighted by Crippen LogP contribution is 2.26. The van der Waals surface area contributed by atoms with Gasteiger partial charge in [0.25, 0.3) is 0 Å². The molecule has 11 heteroatoms. The molecule has 0 bridgehead atoms. The van der Waals surface area contributed by atoms with Crippen LogP contribution in [0.3, 0.4) is 0 Å². The van der Waals surface area contributed by atoms with Gasteiger partial charge in [-0.1, -0.05) is 320 Å². The molecule has 11 nitrogen and oxygen atoms in total. The van der Waals surface area contributed by atoms with Crippen molar-refractivity contribution in [3.05, 3.63) is 48.6 Å². The van der Waals surface area contributed by atoms with E-state index in [4.69, 9.17) is 14.2 Å². The minimum atomic E-state index is -1.61. The number of nitrogens with one attached hydrogen (secondary N) is 1. The van der Waals surface area contributed by atoms with Gasteiger partial charge in [-0.15, -0.1) is 0 Å². The minimum absolute atomic E-state index is 0.126. The zero-order chi connectivity index (χ0) is 58.9. The number of hydrogen-bond donors (Lipinski definition) is 6. The number of carbonyl (C=O) groups excluding carboxylic acids is 2. The third-order valence-electron chi connectivity index (χ3n) is 16.3. The van der Waals surface area contributed by atoms with E-state index in [-0.39, 0.29) is 19.4 Å². The maximum atomic E-state index is 13.4. The number of hydrogen-bond acceptors (Lipinski definition) is 10. The van der Waals surface area contributed by atoms with Gasteiger partial charge in [-0.2, -0.15) is 0 Å². The van der Waals surface area contributed by atoms with Crippen LogP contribution in [-0.4, -0.2) is 99.6 Å². The fraction of sp³-hybridized carbons (Fsp3) is 0.857. The number of carbonyl (C=O) groups is 2. The first kappa shape index (κ1) is 76.6. The Hall–Kier alpha value is -2.38. The summed E-state index contributed by atoms with van der Waals surface area (Å²) in [6, 6.07) is -1.03. The molecule has 1 aliphatic heterocycles. The second-order valence-electron chi connectivity index (χ2n) is 24.0. The minimum Gasteiger partial charge on any atom is -0.454 e. The van der Waals surface area contributed by atoms with Gasteiger partial charge >= 0.3 is 5.97 Å².